The molecule has 174 valence electrons. The van der Waals surface area contributed by atoms with Gasteiger partial charge in [-0.05, 0) is 50.3 Å². The Balaban J connectivity index is 1.80. The SMILES string of the molecule is CCO/C(I)=C(/C=C(\CC)Cc1nc(-c2cccc3c2CCC3NCCO)no1)OCC. The maximum absolute atomic E-state index is 9.13. The normalized spacial score (nSPS) is 16.7. The van der Waals surface area contributed by atoms with Gasteiger partial charge in [0.25, 0.3) is 0 Å². The lowest BCUT2D eigenvalue weighted by Gasteiger charge is -2.13. The number of hydrogen-bond donors (Lipinski definition) is 2. The number of aromatic nitrogens is 2. The number of rotatable bonds is 12. The molecule has 8 heteroatoms. The predicted octanol–water partition coefficient (Wildman–Crippen LogP) is 4.86. The van der Waals surface area contributed by atoms with Crippen LogP contribution in [0.15, 0.2) is 43.9 Å². The minimum atomic E-state index is 0.136. The van der Waals surface area contributed by atoms with Gasteiger partial charge in [-0.2, -0.15) is 4.98 Å². The highest BCUT2D eigenvalue weighted by atomic mass is 127. The largest absolute Gasteiger partial charge is 0.489 e. The van der Waals surface area contributed by atoms with Crippen LogP contribution in [-0.4, -0.2) is 41.6 Å². The van der Waals surface area contributed by atoms with E-state index in [1.807, 2.05) is 26.0 Å². The van der Waals surface area contributed by atoms with E-state index in [4.69, 9.17) is 24.1 Å². The van der Waals surface area contributed by atoms with Crippen molar-refractivity contribution >= 4 is 22.6 Å². The van der Waals surface area contributed by atoms with Crippen LogP contribution in [0.1, 0.15) is 56.7 Å². The molecule has 1 aliphatic rings. The van der Waals surface area contributed by atoms with Gasteiger partial charge in [-0.3, -0.25) is 0 Å². The summed E-state index contributed by atoms with van der Waals surface area (Å²) in [6.45, 7) is 7.91. The fraction of sp³-hybridized carbons (Fsp3) is 0.500. The van der Waals surface area contributed by atoms with Crippen molar-refractivity contribution in [3.05, 3.63) is 56.4 Å². The number of aliphatic hydroxyl groups excluding tert-OH is 1. The Morgan fingerprint density at radius 2 is 2.09 bits per heavy atom. The first-order valence-electron chi connectivity index (χ1n) is 11.2. The van der Waals surface area contributed by atoms with E-state index in [0.717, 1.165) is 39.9 Å². The third-order valence-electron chi connectivity index (χ3n) is 5.41. The van der Waals surface area contributed by atoms with Gasteiger partial charge in [-0.1, -0.05) is 35.9 Å². The summed E-state index contributed by atoms with van der Waals surface area (Å²) in [4.78, 5) is 4.70. The summed E-state index contributed by atoms with van der Waals surface area (Å²) < 4.78 is 17.7. The zero-order chi connectivity index (χ0) is 22.9. The predicted molar refractivity (Wildman–Crippen MR) is 132 cm³/mol. The molecule has 1 atom stereocenters. The number of halogens is 1. The van der Waals surface area contributed by atoms with Crippen molar-refractivity contribution in [2.24, 2.45) is 0 Å². The van der Waals surface area contributed by atoms with Crippen molar-refractivity contribution < 1.29 is 19.1 Å². The molecule has 7 nitrogen and oxygen atoms in total. The lowest BCUT2D eigenvalue weighted by molar-refractivity contribution is 0.198. The fourth-order valence-corrected chi connectivity index (χ4v) is 4.54. The molecule has 0 fully saturated rings. The Bertz CT molecular complexity index is 954. The molecule has 3 rings (SSSR count). The zero-order valence-corrected chi connectivity index (χ0v) is 21.1. The summed E-state index contributed by atoms with van der Waals surface area (Å²) in [5.74, 6) is 1.94. The first-order chi connectivity index (χ1) is 15.6. The fourth-order valence-electron chi connectivity index (χ4n) is 3.92. The summed E-state index contributed by atoms with van der Waals surface area (Å²) in [7, 11) is 0. The number of ether oxygens (including phenoxy) is 2. The van der Waals surface area contributed by atoms with Gasteiger partial charge in [-0.25, -0.2) is 0 Å². The van der Waals surface area contributed by atoms with E-state index in [1.54, 1.807) is 0 Å². The third-order valence-corrected chi connectivity index (χ3v) is 6.26. The summed E-state index contributed by atoms with van der Waals surface area (Å²) >= 11 is 2.16. The molecule has 0 radical (unpaired) electrons. The van der Waals surface area contributed by atoms with Crippen LogP contribution in [0.3, 0.4) is 0 Å². The van der Waals surface area contributed by atoms with E-state index < -0.39 is 0 Å². The molecule has 1 aromatic heterocycles. The molecule has 0 bridgehead atoms. The van der Waals surface area contributed by atoms with Gasteiger partial charge >= 0.3 is 0 Å². The van der Waals surface area contributed by atoms with Crippen molar-refractivity contribution in [3.8, 4) is 11.4 Å². The second kappa shape index (κ2) is 12.4. The molecule has 1 aromatic carbocycles. The van der Waals surface area contributed by atoms with Gasteiger partial charge in [-0.15, -0.1) is 0 Å². The molecular formula is C24H32IN3O4. The summed E-state index contributed by atoms with van der Waals surface area (Å²) in [6.07, 6.45) is 5.37. The van der Waals surface area contributed by atoms with Gasteiger partial charge in [0.1, 0.15) is 0 Å². The molecule has 1 aliphatic carbocycles. The minimum absolute atomic E-state index is 0.136. The van der Waals surface area contributed by atoms with Crippen molar-refractivity contribution in [2.45, 2.75) is 52.5 Å². The molecule has 0 saturated heterocycles. The van der Waals surface area contributed by atoms with Crippen LogP contribution < -0.4 is 5.32 Å². The monoisotopic (exact) mass is 553 g/mol. The van der Waals surface area contributed by atoms with Crippen LogP contribution in [-0.2, 0) is 22.3 Å². The maximum Gasteiger partial charge on any atom is 0.231 e. The first-order valence-corrected chi connectivity index (χ1v) is 12.3. The lowest BCUT2D eigenvalue weighted by Crippen LogP contribution is -2.22. The van der Waals surface area contributed by atoms with E-state index >= 15 is 0 Å². The number of aliphatic hydroxyl groups is 1. The van der Waals surface area contributed by atoms with Gasteiger partial charge in [0.05, 0.1) is 19.8 Å². The second-order valence-corrected chi connectivity index (χ2v) is 8.47. The first kappa shape index (κ1) is 24.7. The molecule has 1 heterocycles. The van der Waals surface area contributed by atoms with Crippen LogP contribution in [0.2, 0.25) is 0 Å². The lowest BCUT2D eigenvalue weighted by atomic mass is 10.0. The van der Waals surface area contributed by atoms with Crippen LogP contribution in [0.4, 0.5) is 0 Å². The van der Waals surface area contributed by atoms with Crippen LogP contribution >= 0.6 is 22.6 Å². The van der Waals surface area contributed by atoms with E-state index in [2.05, 4.69) is 52.1 Å². The maximum atomic E-state index is 9.13. The number of hydrogen-bond acceptors (Lipinski definition) is 7. The molecule has 2 aromatic rings. The van der Waals surface area contributed by atoms with Crippen LogP contribution in [0.25, 0.3) is 11.4 Å². The molecule has 2 N–H and O–H groups in total. The molecule has 0 spiro atoms. The molecule has 32 heavy (non-hydrogen) atoms. The minimum Gasteiger partial charge on any atom is -0.489 e. The summed E-state index contributed by atoms with van der Waals surface area (Å²) in [5.41, 5.74) is 4.67. The van der Waals surface area contributed by atoms with E-state index in [9.17, 15) is 0 Å². The number of nitrogens with one attached hydrogen (secondary N) is 1. The van der Waals surface area contributed by atoms with E-state index in [1.165, 1.54) is 11.1 Å². The zero-order valence-electron chi connectivity index (χ0n) is 19.0. The highest BCUT2D eigenvalue weighted by molar-refractivity contribution is 14.1. The van der Waals surface area contributed by atoms with Crippen LogP contribution in [0.5, 0.6) is 0 Å². The van der Waals surface area contributed by atoms with Gasteiger partial charge in [0.15, 0.2) is 9.53 Å². The number of allylic oxidation sites excluding steroid dienone is 2. The number of nitrogens with zero attached hydrogens (tertiary/aromatic N) is 2. The Morgan fingerprint density at radius 3 is 2.81 bits per heavy atom. The average molecular weight is 553 g/mol. The molecule has 0 saturated carbocycles. The smallest absolute Gasteiger partial charge is 0.231 e. The number of benzene rings is 1. The molecule has 0 aliphatic heterocycles. The van der Waals surface area contributed by atoms with Crippen molar-refractivity contribution in [3.63, 3.8) is 0 Å². The van der Waals surface area contributed by atoms with Gasteiger partial charge in [0, 0.05) is 47.2 Å². The van der Waals surface area contributed by atoms with Crippen molar-refractivity contribution in [1.82, 2.24) is 15.5 Å². The second-order valence-electron chi connectivity index (χ2n) is 7.49. The highest BCUT2D eigenvalue weighted by Gasteiger charge is 2.26. The standard InChI is InChI=1S/C24H32IN3O4/c1-4-16(14-21(30-5-2)23(25)31-6-3)15-22-27-24(28-32-22)19-9-7-8-18-17(19)10-11-20(18)26-12-13-29/h7-9,14,20,26,29H,4-6,10-13,15H2,1-3H3/b16-14+,23-21-. The Labute approximate surface area is 203 Å². The molecular weight excluding hydrogens is 521 g/mol. The average Bonchev–Trinajstić information content (AvgIpc) is 3.43. The van der Waals surface area contributed by atoms with Crippen LogP contribution in [0, 0.1) is 0 Å². The van der Waals surface area contributed by atoms with Gasteiger partial charge in [0.2, 0.25) is 11.7 Å². The van der Waals surface area contributed by atoms with E-state index in [0.29, 0.717) is 37.9 Å². The summed E-state index contributed by atoms with van der Waals surface area (Å²) in [6, 6.07) is 6.49. The van der Waals surface area contributed by atoms with E-state index in [-0.39, 0.29) is 12.6 Å². The Morgan fingerprint density at radius 1 is 1.28 bits per heavy atom. The van der Waals surface area contributed by atoms with Gasteiger partial charge < -0.3 is 24.4 Å². The highest BCUT2D eigenvalue weighted by Crippen LogP contribution is 2.36. The Kier molecular flexibility index (Phi) is 9.55. The quantitative estimate of drug-likeness (QED) is 0.221. The molecule has 1 unspecified atom stereocenters. The summed E-state index contributed by atoms with van der Waals surface area (Å²) in [5, 5.41) is 16.8. The van der Waals surface area contributed by atoms with Crippen molar-refractivity contribution in [1.29, 1.82) is 0 Å². The number of fused-ring (bicyclic) bond motifs is 1. The van der Waals surface area contributed by atoms with Crippen molar-refractivity contribution in [2.75, 3.05) is 26.4 Å². The molecule has 0 amide bonds. The third kappa shape index (κ3) is 6.11. The topological polar surface area (TPSA) is 89.6 Å². The Hall–Kier alpha value is -1.91.